The first kappa shape index (κ1) is 14.4. The van der Waals surface area contributed by atoms with Crippen molar-refractivity contribution in [3.63, 3.8) is 0 Å². The molecule has 0 aromatic heterocycles. The molecule has 0 aliphatic rings. The second-order valence-electron chi connectivity index (χ2n) is 4.28. The molecule has 1 amide bonds. The highest BCUT2D eigenvalue weighted by atomic mass is 35.5. The lowest BCUT2D eigenvalue weighted by Crippen LogP contribution is -2.26. The third-order valence-corrected chi connectivity index (χ3v) is 3.49. The van der Waals surface area contributed by atoms with Crippen molar-refractivity contribution in [2.24, 2.45) is 5.92 Å². The Bertz CT molecular complexity index is 351. The van der Waals surface area contributed by atoms with E-state index in [0.29, 0.717) is 11.7 Å². The molecule has 1 aromatic rings. The Morgan fingerprint density at radius 2 is 2.00 bits per heavy atom. The van der Waals surface area contributed by atoms with E-state index in [2.05, 4.69) is 19.2 Å². The molecule has 0 aliphatic carbocycles. The van der Waals surface area contributed by atoms with Crippen molar-refractivity contribution in [1.82, 2.24) is 5.32 Å². The minimum atomic E-state index is 0.0885. The molecule has 0 heterocycles. The van der Waals surface area contributed by atoms with E-state index < -0.39 is 0 Å². The number of thioether (sulfide) groups is 1. The van der Waals surface area contributed by atoms with E-state index in [1.165, 1.54) is 11.8 Å². The molecule has 0 aliphatic heterocycles. The average molecular weight is 272 g/mol. The summed E-state index contributed by atoms with van der Waals surface area (Å²) in [7, 11) is 0. The largest absolute Gasteiger partial charge is 0.355 e. The van der Waals surface area contributed by atoms with Crippen molar-refractivity contribution in [3.8, 4) is 0 Å². The minimum absolute atomic E-state index is 0.0885. The fourth-order valence-corrected chi connectivity index (χ4v) is 2.09. The van der Waals surface area contributed by atoms with E-state index in [9.17, 15) is 4.79 Å². The highest BCUT2D eigenvalue weighted by Gasteiger charge is 2.02. The molecule has 0 saturated heterocycles. The van der Waals surface area contributed by atoms with Gasteiger partial charge in [0, 0.05) is 16.5 Å². The fraction of sp³-hybridized carbons (Fsp3) is 0.462. The Balaban J connectivity index is 2.21. The molecule has 0 bridgehead atoms. The van der Waals surface area contributed by atoms with Crippen LogP contribution >= 0.6 is 23.4 Å². The van der Waals surface area contributed by atoms with Crippen molar-refractivity contribution in [2.75, 3.05) is 12.3 Å². The highest BCUT2D eigenvalue weighted by molar-refractivity contribution is 8.00. The van der Waals surface area contributed by atoms with E-state index >= 15 is 0 Å². The molecule has 0 unspecified atom stereocenters. The molecule has 0 fully saturated rings. The van der Waals surface area contributed by atoms with Crippen molar-refractivity contribution in [3.05, 3.63) is 29.3 Å². The fourth-order valence-electron chi connectivity index (χ4n) is 1.23. The summed E-state index contributed by atoms with van der Waals surface area (Å²) in [6.07, 6.45) is 1.03. The van der Waals surface area contributed by atoms with E-state index in [-0.39, 0.29) is 5.91 Å². The SMILES string of the molecule is CC(C)CCNC(=O)CSc1ccc(Cl)cc1. The molecular formula is C13H18ClNOS. The van der Waals surface area contributed by atoms with Crippen LogP contribution in [0, 0.1) is 5.92 Å². The average Bonchev–Trinajstić information content (AvgIpc) is 2.28. The number of nitrogens with one attached hydrogen (secondary N) is 1. The maximum Gasteiger partial charge on any atom is 0.230 e. The number of halogens is 1. The first-order chi connectivity index (χ1) is 8.08. The van der Waals surface area contributed by atoms with Gasteiger partial charge in [-0.15, -0.1) is 11.8 Å². The Labute approximate surface area is 112 Å². The zero-order valence-electron chi connectivity index (χ0n) is 10.2. The quantitative estimate of drug-likeness (QED) is 0.801. The molecule has 1 N–H and O–H groups in total. The van der Waals surface area contributed by atoms with Crippen LogP contribution in [0.3, 0.4) is 0 Å². The molecule has 2 nitrogen and oxygen atoms in total. The van der Waals surface area contributed by atoms with Crippen molar-refractivity contribution in [2.45, 2.75) is 25.2 Å². The van der Waals surface area contributed by atoms with Gasteiger partial charge in [-0.25, -0.2) is 0 Å². The molecule has 0 radical (unpaired) electrons. The number of benzene rings is 1. The van der Waals surface area contributed by atoms with Gasteiger partial charge in [0.2, 0.25) is 5.91 Å². The van der Waals surface area contributed by atoms with Gasteiger partial charge in [0.1, 0.15) is 0 Å². The predicted molar refractivity (Wildman–Crippen MR) is 74.6 cm³/mol. The number of rotatable bonds is 6. The Hall–Kier alpha value is -0.670. The van der Waals surface area contributed by atoms with Gasteiger partial charge in [-0.05, 0) is 36.6 Å². The molecule has 0 saturated carbocycles. The van der Waals surface area contributed by atoms with Crippen LogP contribution in [-0.2, 0) is 4.79 Å². The maximum absolute atomic E-state index is 11.5. The lowest BCUT2D eigenvalue weighted by atomic mass is 10.1. The van der Waals surface area contributed by atoms with E-state index in [0.717, 1.165) is 22.9 Å². The summed E-state index contributed by atoms with van der Waals surface area (Å²) in [4.78, 5) is 12.6. The van der Waals surface area contributed by atoms with Crippen molar-refractivity contribution < 1.29 is 4.79 Å². The summed E-state index contributed by atoms with van der Waals surface area (Å²) >= 11 is 7.31. The van der Waals surface area contributed by atoms with Gasteiger partial charge in [-0.1, -0.05) is 25.4 Å². The highest BCUT2D eigenvalue weighted by Crippen LogP contribution is 2.19. The molecule has 1 rings (SSSR count). The second kappa shape index (κ2) is 7.62. The Morgan fingerprint density at radius 1 is 1.35 bits per heavy atom. The molecule has 94 valence electrons. The summed E-state index contributed by atoms with van der Waals surface area (Å²) < 4.78 is 0. The lowest BCUT2D eigenvalue weighted by Gasteiger charge is -2.07. The number of carbonyl (C=O) groups is 1. The second-order valence-corrected chi connectivity index (χ2v) is 5.76. The molecule has 4 heteroatoms. The smallest absolute Gasteiger partial charge is 0.230 e. The van der Waals surface area contributed by atoms with E-state index in [1.54, 1.807) is 0 Å². The zero-order valence-corrected chi connectivity index (χ0v) is 11.8. The topological polar surface area (TPSA) is 29.1 Å². The maximum atomic E-state index is 11.5. The number of carbonyl (C=O) groups excluding carboxylic acids is 1. The first-order valence-electron chi connectivity index (χ1n) is 5.73. The van der Waals surface area contributed by atoms with Crippen molar-refractivity contribution in [1.29, 1.82) is 0 Å². The van der Waals surface area contributed by atoms with Gasteiger partial charge in [0.15, 0.2) is 0 Å². The van der Waals surface area contributed by atoms with Gasteiger partial charge >= 0.3 is 0 Å². The summed E-state index contributed by atoms with van der Waals surface area (Å²) in [6, 6.07) is 7.52. The van der Waals surface area contributed by atoms with E-state index in [1.807, 2.05) is 24.3 Å². The number of amides is 1. The van der Waals surface area contributed by atoms with Gasteiger partial charge in [0.25, 0.3) is 0 Å². The molecular weight excluding hydrogens is 254 g/mol. The van der Waals surface area contributed by atoms with Gasteiger partial charge in [0.05, 0.1) is 5.75 Å². The Kier molecular flexibility index (Phi) is 6.45. The van der Waals surface area contributed by atoms with Gasteiger partial charge in [-0.3, -0.25) is 4.79 Å². The van der Waals surface area contributed by atoms with Crippen LogP contribution in [0.2, 0.25) is 5.02 Å². The standard InChI is InChI=1S/C13H18ClNOS/c1-10(2)7-8-15-13(16)9-17-12-5-3-11(14)4-6-12/h3-6,10H,7-9H2,1-2H3,(H,15,16). The van der Waals surface area contributed by atoms with Crippen molar-refractivity contribution >= 4 is 29.3 Å². The third kappa shape index (κ3) is 6.59. The van der Waals surface area contributed by atoms with Crippen LogP contribution in [0.4, 0.5) is 0 Å². The predicted octanol–water partition coefficient (Wildman–Crippen LogP) is 3.59. The Morgan fingerprint density at radius 3 is 2.59 bits per heavy atom. The van der Waals surface area contributed by atoms with Crippen LogP contribution < -0.4 is 5.32 Å². The van der Waals surface area contributed by atoms with Gasteiger partial charge < -0.3 is 5.32 Å². The van der Waals surface area contributed by atoms with Gasteiger partial charge in [-0.2, -0.15) is 0 Å². The number of hydrogen-bond acceptors (Lipinski definition) is 2. The minimum Gasteiger partial charge on any atom is -0.355 e. The molecule has 0 spiro atoms. The monoisotopic (exact) mass is 271 g/mol. The normalized spacial score (nSPS) is 10.6. The summed E-state index contributed by atoms with van der Waals surface area (Å²) in [5.41, 5.74) is 0. The number of hydrogen-bond donors (Lipinski definition) is 1. The zero-order chi connectivity index (χ0) is 12.7. The third-order valence-electron chi connectivity index (χ3n) is 2.23. The van der Waals surface area contributed by atoms with Crippen LogP contribution in [0.25, 0.3) is 0 Å². The van der Waals surface area contributed by atoms with Crippen LogP contribution in [0.1, 0.15) is 20.3 Å². The lowest BCUT2D eigenvalue weighted by molar-refractivity contribution is -0.118. The van der Waals surface area contributed by atoms with Crippen LogP contribution in [0.15, 0.2) is 29.2 Å². The summed E-state index contributed by atoms with van der Waals surface area (Å²) in [6.45, 7) is 5.06. The summed E-state index contributed by atoms with van der Waals surface area (Å²) in [5, 5.41) is 3.63. The first-order valence-corrected chi connectivity index (χ1v) is 7.09. The molecule has 0 atom stereocenters. The van der Waals surface area contributed by atoms with E-state index in [4.69, 9.17) is 11.6 Å². The van der Waals surface area contributed by atoms with Crippen LogP contribution in [0.5, 0.6) is 0 Å². The molecule has 17 heavy (non-hydrogen) atoms. The van der Waals surface area contributed by atoms with Crippen LogP contribution in [-0.4, -0.2) is 18.2 Å². The molecule has 1 aromatic carbocycles. The summed E-state index contributed by atoms with van der Waals surface area (Å²) in [5.74, 6) is 1.17.